The van der Waals surface area contributed by atoms with Gasteiger partial charge in [-0.15, -0.1) is 0 Å². The molecule has 1 aromatic carbocycles. The van der Waals surface area contributed by atoms with Crippen LogP contribution in [0.25, 0.3) is 17.4 Å². The molecule has 0 spiro atoms. The van der Waals surface area contributed by atoms with Gasteiger partial charge in [0.15, 0.2) is 0 Å². The Morgan fingerprint density at radius 1 is 1.14 bits per heavy atom. The zero-order valence-electron chi connectivity index (χ0n) is 11.4. The Labute approximate surface area is 126 Å². The number of imide groups is 1. The van der Waals surface area contributed by atoms with Gasteiger partial charge in [-0.05, 0) is 30.8 Å². The summed E-state index contributed by atoms with van der Waals surface area (Å²) >= 11 is 0.945. The third-order valence-corrected chi connectivity index (χ3v) is 4.06. The Morgan fingerprint density at radius 3 is 2.57 bits per heavy atom. The number of likely N-dealkylation sites (N-methyl/N-ethyl adjacent to an activating group) is 1. The summed E-state index contributed by atoms with van der Waals surface area (Å²) < 4.78 is 5.71. The Kier molecular flexibility index (Phi) is 3.66. The summed E-state index contributed by atoms with van der Waals surface area (Å²) in [6.45, 7) is 2.16. The number of thioether (sulfide) groups is 1. The van der Waals surface area contributed by atoms with E-state index in [4.69, 9.17) is 4.42 Å². The highest BCUT2D eigenvalue weighted by atomic mass is 32.2. The second-order valence-electron chi connectivity index (χ2n) is 4.49. The second-order valence-corrected chi connectivity index (χ2v) is 5.49. The number of amides is 2. The zero-order valence-corrected chi connectivity index (χ0v) is 12.2. The SMILES string of the molecule is CCN1C(=O)S/C(=C\c2ccc(-c3ccccc3)o2)C1=O. The van der Waals surface area contributed by atoms with Crippen LogP contribution in [-0.2, 0) is 4.79 Å². The van der Waals surface area contributed by atoms with E-state index in [1.807, 2.05) is 36.4 Å². The molecule has 0 radical (unpaired) electrons. The molecule has 3 rings (SSSR count). The van der Waals surface area contributed by atoms with E-state index in [1.54, 1.807) is 19.1 Å². The lowest BCUT2D eigenvalue weighted by Gasteiger charge is -2.06. The molecule has 0 bridgehead atoms. The average molecular weight is 299 g/mol. The highest BCUT2D eigenvalue weighted by Gasteiger charge is 2.33. The van der Waals surface area contributed by atoms with Crippen LogP contribution in [0.2, 0.25) is 0 Å². The minimum Gasteiger partial charge on any atom is -0.457 e. The largest absolute Gasteiger partial charge is 0.457 e. The maximum atomic E-state index is 12.0. The molecule has 0 saturated carbocycles. The molecule has 106 valence electrons. The number of hydrogen-bond donors (Lipinski definition) is 0. The van der Waals surface area contributed by atoms with Gasteiger partial charge in [-0.2, -0.15) is 0 Å². The van der Waals surface area contributed by atoms with Gasteiger partial charge in [-0.3, -0.25) is 14.5 Å². The van der Waals surface area contributed by atoms with Crippen molar-refractivity contribution >= 4 is 29.0 Å². The molecule has 0 atom stereocenters. The molecule has 0 aliphatic carbocycles. The third kappa shape index (κ3) is 2.64. The zero-order chi connectivity index (χ0) is 14.8. The lowest BCUT2D eigenvalue weighted by atomic mass is 10.2. The van der Waals surface area contributed by atoms with Crippen LogP contribution in [0.15, 0.2) is 51.8 Å². The van der Waals surface area contributed by atoms with E-state index in [0.29, 0.717) is 17.2 Å². The number of nitrogens with zero attached hydrogens (tertiary/aromatic N) is 1. The summed E-state index contributed by atoms with van der Waals surface area (Å²) in [4.78, 5) is 25.3. The summed E-state index contributed by atoms with van der Waals surface area (Å²) in [5, 5.41) is -0.233. The van der Waals surface area contributed by atoms with E-state index in [0.717, 1.165) is 23.1 Å². The Morgan fingerprint density at radius 2 is 1.90 bits per heavy atom. The first-order chi connectivity index (χ1) is 10.2. The van der Waals surface area contributed by atoms with Crippen molar-refractivity contribution in [2.24, 2.45) is 0 Å². The Bertz CT molecular complexity index is 718. The molecule has 5 heteroatoms. The van der Waals surface area contributed by atoms with Crippen LogP contribution in [0, 0.1) is 0 Å². The summed E-state index contributed by atoms with van der Waals surface area (Å²) in [7, 11) is 0. The van der Waals surface area contributed by atoms with Gasteiger partial charge < -0.3 is 4.42 Å². The average Bonchev–Trinajstić information content (AvgIpc) is 3.06. The predicted octanol–water partition coefficient (Wildman–Crippen LogP) is 4.00. The second kappa shape index (κ2) is 5.61. The van der Waals surface area contributed by atoms with E-state index in [2.05, 4.69) is 0 Å². The summed E-state index contributed by atoms with van der Waals surface area (Å²) in [6, 6.07) is 13.4. The molecule has 1 aliphatic heterocycles. The predicted molar refractivity (Wildman–Crippen MR) is 82.5 cm³/mol. The number of rotatable bonds is 3. The third-order valence-electron chi connectivity index (χ3n) is 3.15. The van der Waals surface area contributed by atoms with E-state index < -0.39 is 0 Å². The Hall–Kier alpha value is -2.27. The first kappa shape index (κ1) is 13.7. The van der Waals surface area contributed by atoms with Gasteiger partial charge in [0.2, 0.25) is 0 Å². The van der Waals surface area contributed by atoms with E-state index >= 15 is 0 Å². The molecule has 0 N–H and O–H groups in total. The van der Waals surface area contributed by atoms with Crippen molar-refractivity contribution in [1.82, 2.24) is 4.90 Å². The van der Waals surface area contributed by atoms with Crippen molar-refractivity contribution < 1.29 is 14.0 Å². The fourth-order valence-corrected chi connectivity index (χ4v) is 2.97. The van der Waals surface area contributed by atoms with Crippen molar-refractivity contribution in [3.63, 3.8) is 0 Å². The number of carbonyl (C=O) groups excluding carboxylic acids is 2. The fraction of sp³-hybridized carbons (Fsp3) is 0.125. The van der Waals surface area contributed by atoms with Crippen LogP contribution in [0.4, 0.5) is 4.79 Å². The number of carbonyl (C=O) groups is 2. The van der Waals surface area contributed by atoms with Crippen LogP contribution >= 0.6 is 11.8 Å². The van der Waals surface area contributed by atoms with Gasteiger partial charge >= 0.3 is 0 Å². The summed E-state index contributed by atoms with van der Waals surface area (Å²) in [5.41, 5.74) is 0.971. The van der Waals surface area contributed by atoms with Crippen LogP contribution in [0.5, 0.6) is 0 Å². The van der Waals surface area contributed by atoms with Crippen LogP contribution in [0.3, 0.4) is 0 Å². The van der Waals surface area contributed by atoms with Crippen LogP contribution in [-0.4, -0.2) is 22.6 Å². The molecular weight excluding hydrogens is 286 g/mol. The minimum atomic E-state index is -0.259. The van der Waals surface area contributed by atoms with Crippen molar-refractivity contribution in [1.29, 1.82) is 0 Å². The van der Waals surface area contributed by atoms with Crippen LogP contribution < -0.4 is 0 Å². The molecule has 0 unspecified atom stereocenters. The topological polar surface area (TPSA) is 50.5 Å². The number of hydrogen-bond acceptors (Lipinski definition) is 4. The smallest absolute Gasteiger partial charge is 0.293 e. The lowest BCUT2D eigenvalue weighted by Crippen LogP contribution is -2.27. The van der Waals surface area contributed by atoms with Crippen molar-refractivity contribution in [3.8, 4) is 11.3 Å². The molecule has 1 aliphatic rings. The lowest BCUT2D eigenvalue weighted by molar-refractivity contribution is -0.122. The molecular formula is C16H13NO3S. The van der Waals surface area contributed by atoms with E-state index in [9.17, 15) is 9.59 Å². The first-order valence-electron chi connectivity index (χ1n) is 6.59. The minimum absolute atomic E-state index is 0.233. The molecule has 2 aromatic rings. The molecule has 1 aromatic heterocycles. The molecule has 4 nitrogen and oxygen atoms in total. The highest BCUT2D eigenvalue weighted by molar-refractivity contribution is 8.18. The maximum Gasteiger partial charge on any atom is 0.293 e. The molecule has 2 heterocycles. The monoisotopic (exact) mass is 299 g/mol. The van der Waals surface area contributed by atoms with E-state index in [1.165, 1.54) is 4.90 Å². The summed E-state index contributed by atoms with van der Waals surface area (Å²) in [6.07, 6.45) is 1.62. The van der Waals surface area contributed by atoms with Gasteiger partial charge in [-0.1, -0.05) is 30.3 Å². The fourth-order valence-electron chi connectivity index (χ4n) is 2.09. The highest BCUT2D eigenvalue weighted by Crippen LogP contribution is 2.33. The van der Waals surface area contributed by atoms with Gasteiger partial charge in [0.05, 0.1) is 4.91 Å². The standard InChI is InChI=1S/C16H13NO3S/c1-2-17-15(18)14(21-16(17)19)10-12-8-9-13(20-12)11-6-4-3-5-7-11/h3-10H,2H2,1H3/b14-10-. The van der Waals surface area contributed by atoms with Gasteiger partial charge in [-0.25, -0.2) is 0 Å². The molecule has 1 saturated heterocycles. The molecule has 21 heavy (non-hydrogen) atoms. The van der Waals surface area contributed by atoms with E-state index in [-0.39, 0.29) is 11.1 Å². The molecule has 2 amide bonds. The normalized spacial score (nSPS) is 17.0. The van der Waals surface area contributed by atoms with Crippen LogP contribution in [0.1, 0.15) is 12.7 Å². The van der Waals surface area contributed by atoms with Gasteiger partial charge in [0.1, 0.15) is 11.5 Å². The van der Waals surface area contributed by atoms with Crippen molar-refractivity contribution in [2.45, 2.75) is 6.92 Å². The quantitative estimate of drug-likeness (QED) is 0.804. The maximum absolute atomic E-state index is 12.0. The van der Waals surface area contributed by atoms with Gasteiger partial charge in [0.25, 0.3) is 11.1 Å². The number of furan rings is 1. The summed E-state index contributed by atoms with van der Waals surface area (Å²) in [5.74, 6) is 1.04. The van der Waals surface area contributed by atoms with Gasteiger partial charge in [0, 0.05) is 18.2 Å². The Balaban J connectivity index is 1.87. The number of benzene rings is 1. The van der Waals surface area contributed by atoms with Crippen molar-refractivity contribution in [2.75, 3.05) is 6.54 Å². The molecule has 1 fully saturated rings. The van der Waals surface area contributed by atoms with Crippen molar-refractivity contribution in [3.05, 3.63) is 53.1 Å². The first-order valence-corrected chi connectivity index (χ1v) is 7.41.